The van der Waals surface area contributed by atoms with Crippen molar-refractivity contribution in [1.29, 1.82) is 0 Å². The lowest BCUT2D eigenvalue weighted by atomic mass is 10.3. The van der Waals surface area contributed by atoms with E-state index in [2.05, 4.69) is 15.9 Å². The summed E-state index contributed by atoms with van der Waals surface area (Å²) in [5.41, 5.74) is 5.27. The third-order valence-corrected chi connectivity index (χ3v) is 2.45. The summed E-state index contributed by atoms with van der Waals surface area (Å²) < 4.78 is 11.5. The van der Waals surface area contributed by atoms with Gasteiger partial charge in [0.15, 0.2) is 0 Å². The van der Waals surface area contributed by atoms with Gasteiger partial charge in [0, 0.05) is 11.0 Å². The summed E-state index contributed by atoms with van der Waals surface area (Å²) in [5, 5.41) is 0.594. The number of benzene rings is 1. The molecule has 84 valence electrons. The first kappa shape index (κ1) is 12.8. The Morgan fingerprint density at radius 2 is 2.07 bits per heavy atom. The average Bonchev–Trinajstić information content (AvgIpc) is 2.23. The van der Waals surface area contributed by atoms with E-state index in [1.165, 1.54) is 0 Å². The SMILES string of the molecule is NCCOCCOc1cc(Br)ccc1Cl. The molecule has 1 aromatic carbocycles. The Balaban J connectivity index is 2.33. The van der Waals surface area contributed by atoms with E-state index in [0.29, 0.717) is 37.1 Å². The Kier molecular flexibility index (Phi) is 6.02. The molecule has 0 unspecified atom stereocenters. The van der Waals surface area contributed by atoms with Crippen LogP contribution in [0.4, 0.5) is 0 Å². The summed E-state index contributed by atoms with van der Waals surface area (Å²) in [4.78, 5) is 0. The Labute approximate surface area is 103 Å². The highest BCUT2D eigenvalue weighted by Crippen LogP contribution is 2.27. The first-order chi connectivity index (χ1) is 7.24. The normalized spacial score (nSPS) is 10.3. The van der Waals surface area contributed by atoms with Crippen molar-refractivity contribution in [1.82, 2.24) is 0 Å². The molecule has 0 heterocycles. The quantitative estimate of drug-likeness (QED) is 0.820. The maximum atomic E-state index is 5.93. The molecule has 0 bridgehead atoms. The maximum absolute atomic E-state index is 5.93. The Hall–Kier alpha value is -0.290. The van der Waals surface area contributed by atoms with E-state index >= 15 is 0 Å². The van der Waals surface area contributed by atoms with E-state index in [1.54, 1.807) is 6.07 Å². The fraction of sp³-hybridized carbons (Fsp3) is 0.400. The zero-order chi connectivity index (χ0) is 11.1. The molecule has 1 aromatic rings. The molecule has 0 aliphatic rings. The molecule has 1 rings (SSSR count). The molecule has 0 atom stereocenters. The fourth-order valence-corrected chi connectivity index (χ4v) is 1.50. The molecule has 15 heavy (non-hydrogen) atoms. The van der Waals surface area contributed by atoms with Gasteiger partial charge in [-0.1, -0.05) is 27.5 Å². The number of rotatable bonds is 6. The van der Waals surface area contributed by atoms with Crippen molar-refractivity contribution in [2.45, 2.75) is 0 Å². The minimum atomic E-state index is 0.468. The van der Waals surface area contributed by atoms with Crippen LogP contribution in [0.5, 0.6) is 5.75 Å². The molecule has 0 saturated carbocycles. The summed E-state index contributed by atoms with van der Waals surface area (Å²) >= 11 is 9.27. The topological polar surface area (TPSA) is 44.5 Å². The number of ether oxygens (including phenoxy) is 2. The first-order valence-electron chi connectivity index (χ1n) is 4.59. The molecule has 0 saturated heterocycles. The first-order valence-corrected chi connectivity index (χ1v) is 5.77. The molecule has 0 aliphatic heterocycles. The molecule has 0 fully saturated rings. The molecule has 0 spiro atoms. The van der Waals surface area contributed by atoms with Crippen LogP contribution in [-0.2, 0) is 4.74 Å². The van der Waals surface area contributed by atoms with Gasteiger partial charge in [0.1, 0.15) is 12.4 Å². The predicted molar refractivity (Wildman–Crippen MR) is 64.5 cm³/mol. The Morgan fingerprint density at radius 1 is 1.27 bits per heavy atom. The highest BCUT2D eigenvalue weighted by molar-refractivity contribution is 9.10. The van der Waals surface area contributed by atoms with Gasteiger partial charge in [-0.25, -0.2) is 0 Å². The molecule has 0 aromatic heterocycles. The standard InChI is InChI=1S/C10H13BrClNO2/c11-8-1-2-9(12)10(7-8)15-6-5-14-4-3-13/h1-2,7H,3-6,13H2. The smallest absolute Gasteiger partial charge is 0.139 e. The predicted octanol–water partition coefficient (Wildman–Crippen LogP) is 2.46. The summed E-state index contributed by atoms with van der Waals surface area (Å²) in [7, 11) is 0. The molecule has 5 heteroatoms. The Morgan fingerprint density at radius 3 is 2.80 bits per heavy atom. The van der Waals surface area contributed by atoms with Gasteiger partial charge in [0.2, 0.25) is 0 Å². The highest BCUT2D eigenvalue weighted by Gasteiger charge is 2.01. The van der Waals surface area contributed by atoms with Gasteiger partial charge in [0.05, 0.1) is 18.2 Å². The van der Waals surface area contributed by atoms with E-state index < -0.39 is 0 Å². The molecular weight excluding hydrogens is 281 g/mol. The number of halogens is 2. The molecule has 0 radical (unpaired) electrons. The monoisotopic (exact) mass is 293 g/mol. The van der Waals surface area contributed by atoms with Gasteiger partial charge in [-0.2, -0.15) is 0 Å². The van der Waals surface area contributed by atoms with E-state index in [0.717, 1.165) is 4.47 Å². The van der Waals surface area contributed by atoms with E-state index in [9.17, 15) is 0 Å². The van der Waals surface area contributed by atoms with Gasteiger partial charge >= 0.3 is 0 Å². The zero-order valence-electron chi connectivity index (χ0n) is 8.21. The van der Waals surface area contributed by atoms with Gasteiger partial charge in [-0.05, 0) is 18.2 Å². The largest absolute Gasteiger partial charge is 0.490 e. The average molecular weight is 295 g/mol. The van der Waals surface area contributed by atoms with Crippen molar-refractivity contribution in [3.8, 4) is 5.75 Å². The lowest BCUT2D eigenvalue weighted by Crippen LogP contribution is -2.13. The number of hydrogen-bond acceptors (Lipinski definition) is 3. The van der Waals surface area contributed by atoms with Gasteiger partial charge in [0.25, 0.3) is 0 Å². The minimum Gasteiger partial charge on any atom is -0.490 e. The third-order valence-electron chi connectivity index (χ3n) is 1.64. The van der Waals surface area contributed by atoms with Gasteiger partial charge < -0.3 is 15.2 Å². The van der Waals surface area contributed by atoms with Crippen molar-refractivity contribution in [3.05, 3.63) is 27.7 Å². The lowest BCUT2D eigenvalue weighted by molar-refractivity contribution is 0.106. The van der Waals surface area contributed by atoms with Crippen LogP contribution in [0.1, 0.15) is 0 Å². The number of hydrogen-bond donors (Lipinski definition) is 1. The van der Waals surface area contributed by atoms with Crippen LogP contribution in [0, 0.1) is 0 Å². The van der Waals surface area contributed by atoms with Crippen LogP contribution in [0.2, 0.25) is 5.02 Å². The summed E-state index contributed by atoms with van der Waals surface area (Å²) in [6.07, 6.45) is 0. The van der Waals surface area contributed by atoms with Crippen molar-refractivity contribution < 1.29 is 9.47 Å². The second-order valence-electron chi connectivity index (χ2n) is 2.82. The lowest BCUT2D eigenvalue weighted by Gasteiger charge is -2.08. The summed E-state index contributed by atoms with van der Waals surface area (Å²) in [5.74, 6) is 0.655. The fourth-order valence-electron chi connectivity index (χ4n) is 0.984. The second kappa shape index (κ2) is 7.06. The van der Waals surface area contributed by atoms with Crippen LogP contribution in [0.25, 0.3) is 0 Å². The van der Waals surface area contributed by atoms with Crippen LogP contribution in [0.15, 0.2) is 22.7 Å². The maximum Gasteiger partial charge on any atom is 0.139 e. The second-order valence-corrected chi connectivity index (χ2v) is 4.15. The van der Waals surface area contributed by atoms with Crippen molar-refractivity contribution in [2.75, 3.05) is 26.4 Å². The molecule has 0 amide bonds. The third kappa shape index (κ3) is 4.84. The molecular formula is C10H13BrClNO2. The van der Waals surface area contributed by atoms with Gasteiger partial charge in [-0.15, -0.1) is 0 Å². The van der Waals surface area contributed by atoms with Crippen LogP contribution in [-0.4, -0.2) is 26.4 Å². The number of nitrogens with two attached hydrogens (primary N) is 1. The van der Waals surface area contributed by atoms with Crippen molar-refractivity contribution in [2.24, 2.45) is 5.73 Å². The molecule has 2 N–H and O–H groups in total. The van der Waals surface area contributed by atoms with Crippen LogP contribution < -0.4 is 10.5 Å². The van der Waals surface area contributed by atoms with Gasteiger partial charge in [-0.3, -0.25) is 0 Å². The van der Waals surface area contributed by atoms with Crippen LogP contribution >= 0.6 is 27.5 Å². The summed E-state index contributed by atoms with van der Waals surface area (Å²) in [6.45, 7) is 2.06. The molecule has 3 nitrogen and oxygen atoms in total. The zero-order valence-corrected chi connectivity index (χ0v) is 10.6. The van der Waals surface area contributed by atoms with Crippen LogP contribution in [0.3, 0.4) is 0 Å². The minimum absolute atomic E-state index is 0.468. The van der Waals surface area contributed by atoms with E-state index in [4.69, 9.17) is 26.8 Å². The summed E-state index contributed by atoms with van der Waals surface area (Å²) in [6, 6.07) is 5.47. The van der Waals surface area contributed by atoms with E-state index in [-0.39, 0.29) is 0 Å². The van der Waals surface area contributed by atoms with Crippen molar-refractivity contribution in [3.63, 3.8) is 0 Å². The van der Waals surface area contributed by atoms with Crippen molar-refractivity contribution >= 4 is 27.5 Å². The van der Waals surface area contributed by atoms with E-state index in [1.807, 2.05) is 12.1 Å². The molecule has 0 aliphatic carbocycles. The highest BCUT2D eigenvalue weighted by atomic mass is 79.9. The Bertz CT molecular complexity index is 309.